The van der Waals surface area contributed by atoms with Gasteiger partial charge in [-0.05, 0) is 18.6 Å². The number of carbonyl (C=O) groups excluding carboxylic acids is 3. The smallest absolute Gasteiger partial charge is 0.342 e. The average molecular weight is 379 g/mol. The second-order valence-electron chi connectivity index (χ2n) is 6.07. The number of hydrogen-bond acceptors (Lipinski definition) is 6. The quantitative estimate of drug-likeness (QED) is 0.443. The summed E-state index contributed by atoms with van der Waals surface area (Å²) < 4.78 is 14.8. The fourth-order valence-corrected chi connectivity index (χ4v) is 2.57. The lowest BCUT2D eigenvalue weighted by Crippen LogP contribution is -2.30. The van der Waals surface area contributed by atoms with Gasteiger partial charge in [0.2, 0.25) is 0 Å². The number of benzene rings is 1. The third-order valence-corrected chi connectivity index (χ3v) is 4.03. The minimum atomic E-state index is -0.738. The van der Waals surface area contributed by atoms with Crippen molar-refractivity contribution in [2.75, 3.05) is 27.4 Å². The summed E-state index contributed by atoms with van der Waals surface area (Å²) in [5, 5.41) is 2.78. The molecule has 0 aromatic heterocycles. The molecule has 0 heterocycles. The first kappa shape index (κ1) is 22.5. The molecule has 0 saturated carbocycles. The van der Waals surface area contributed by atoms with Crippen molar-refractivity contribution in [2.45, 2.75) is 45.4 Å². The van der Waals surface area contributed by atoms with Crippen LogP contribution in [0.1, 0.15) is 66.2 Å². The third kappa shape index (κ3) is 7.68. The van der Waals surface area contributed by atoms with Gasteiger partial charge in [0.05, 0.1) is 19.8 Å². The fraction of sp³-hybridized carbons (Fsp3) is 0.550. The largest absolute Gasteiger partial charge is 0.483 e. The highest BCUT2D eigenvalue weighted by Gasteiger charge is 2.23. The molecule has 150 valence electrons. The number of rotatable bonds is 12. The molecule has 7 heteroatoms. The summed E-state index contributed by atoms with van der Waals surface area (Å²) in [6, 6.07) is 4.48. The molecular formula is C20H29NO6. The highest BCUT2D eigenvalue weighted by Crippen LogP contribution is 2.24. The molecule has 1 aromatic carbocycles. The van der Waals surface area contributed by atoms with E-state index in [-0.39, 0.29) is 29.4 Å². The van der Waals surface area contributed by atoms with Crippen molar-refractivity contribution in [3.8, 4) is 5.75 Å². The van der Waals surface area contributed by atoms with E-state index in [1.165, 1.54) is 52.0 Å². The molecule has 0 saturated heterocycles. The molecule has 0 radical (unpaired) electrons. The lowest BCUT2D eigenvalue weighted by atomic mass is 10.1. The van der Waals surface area contributed by atoms with Crippen molar-refractivity contribution in [1.82, 2.24) is 5.32 Å². The van der Waals surface area contributed by atoms with E-state index in [0.717, 1.165) is 12.8 Å². The van der Waals surface area contributed by atoms with E-state index in [2.05, 4.69) is 17.0 Å². The number of esters is 2. The zero-order valence-electron chi connectivity index (χ0n) is 16.3. The summed E-state index contributed by atoms with van der Waals surface area (Å²) in [5.41, 5.74) is -0.0371. The minimum absolute atomic E-state index is 0.0225. The van der Waals surface area contributed by atoms with Gasteiger partial charge in [-0.1, -0.05) is 45.1 Å². The highest BCUT2D eigenvalue weighted by atomic mass is 16.5. The van der Waals surface area contributed by atoms with Crippen LogP contribution in [0.4, 0.5) is 0 Å². The number of amides is 1. The number of carbonyl (C=O) groups is 3. The predicted molar refractivity (Wildman–Crippen MR) is 101 cm³/mol. The monoisotopic (exact) mass is 379 g/mol. The molecule has 1 amide bonds. The zero-order chi connectivity index (χ0) is 20.1. The molecule has 0 aliphatic heterocycles. The SMILES string of the molecule is CCCCCCCCNC(=O)COc1cccc(C(=O)OC)c1C(=O)OC. The fourth-order valence-electron chi connectivity index (χ4n) is 2.57. The topological polar surface area (TPSA) is 90.9 Å². The molecule has 0 aliphatic carbocycles. The van der Waals surface area contributed by atoms with Gasteiger partial charge in [0.1, 0.15) is 11.3 Å². The second kappa shape index (κ2) is 12.7. The summed E-state index contributed by atoms with van der Waals surface area (Å²) in [4.78, 5) is 35.8. The molecule has 7 nitrogen and oxygen atoms in total. The maximum atomic E-state index is 12.0. The number of ether oxygens (including phenoxy) is 3. The van der Waals surface area contributed by atoms with Crippen LogP contribution in [0.2, 0.25) is 0 Å². The van der Waals surface area contributed by atoms with Crippen molar-refractivity contribution in [2.24, 2.45) is 0 Å². The Labute approximate surface area is 160 Å². The Morgan fingerprint density at radius 3 is 2.26 bits per heavy atom. The van der Waals surface area contributed by atoms with Crippen LogP contribution in [0.3, 0.4) is 0 Å². The van der Waals surface area contributed by atoms with Gasteiger partial charge in [-0.3, -0.25) is 4.79 Å². The number of hydrogen-bond donors (Lipinski definition) is 1. The van der Waals surface area contributed by atoms with Crippen molar-refractivity contribution in [1.29, 1.82) is 0 Å². The van der Waals surface area contributed by atoms with Crippen LogP contribution in [-0.4, -0.2) is 45.2 Å². The van der Waals surface area contributed by atoms with Crippen molar-refractivity contribution >= 4 is 17.8 Å². The summed E-state index contributed by atoms with van der Waals surface area (Å²) in [5.74, 6) is -1.62. The first-order valence-electron chi connectivity index (χ1n) is 9.24. The molecule has 0 unspecified atom stereocenters. The molecule has 1 aromatic rings. The Morgan fingerprint density at radius 2 is 1.59 bits per heavy atom. The van der Waals surface area contributed by atoms with Crippen LogP contribution in [0.25, 0.3) is 0 Å². The summed E-state index contributed by atoms with van der Waals surface area (Å²) in [6.07, 6.45) is 6.84. The van der Waals surface area contributed by atoms with Crippen LogP contribution in [0, 0.1) is 0 Å². The van der Waals surface area contributed by atoms with E-state index in [0.29, 0.717) is 6.54 Å². The van der Waals surface area contributed by atoms with Crippen LogP contribution in [0.15, 0.2) is 18.2 Å². The molecule has 0 aliphatic rings. The molecule has 0 atom stereocenters. The summed E-state index contributed by atoms with van der Waals surface area (Å²) >= 11 is 0. The molecule has 0 spiro atoms. The average Bonchev–Trinajstić information content (AvgIpc) is 2.69. The van der Waals surface area contributed by atoms with E-state index >= 15 is 0 Å². The maximum absolute atomic E-state index is 12.0. The van der Waals surface area contributed by atoms with Gasteiger partial charge in [0.15, 0.2) is 6.61 Å². The molecule has 1 N–H and O–H groups in total. The number of methoxy groups -OCH3 is 2. The van der Waals surface area contributed by atoms with Gasteiger partial charge in [-0.15, -0.1) is 0 Å². The Morgan fingerprint density at radius 1 is 0.926 bits per heavy atom. The van der Waals surface area contributed by atoms with Gasteiger partial charge in [0, 0.05) is 6.54 Å². The van der Waals surface area contributed by atoms with Crippen molar-refractivity contribution < 1.29 is 28.6 Å². The van der Waals surface area contributed by atoms with E-state index in [1.807, 2.05) is 0 Å². The normalized spacial score (nSPS) is 10.2. The van der Waals surface area contributed by atoms with E-state index in [4.69, 9.17) is 9.47 Å². The molecule has 0 bridgehead atoms. The second-order valence-corrected chi connectivity index (χ2v) is 6.07. The van der Waals surface area contributed by atoms with E-state index in [9.17, 15) is 14.4 Å². The van der Waals surface area contributed by atoms with Crippen molar-refractivity contribution in [3.63, 3.8) is 0 Å². The van der Waals surface area contributed by atoms with Gasteiger partial charge >= 0.3 is 11.9 Å². The molecule has 0 fully saturated rings. The van der Waals surface area contributed by atoms with Gasteiger partial charge in [0.25, 0.3) is 5.91 Å². The zero-order valence-corrected chi connectivity index (χ0v) is 16.3. The van der Waals surface area contributed by atoms with E-state index < -0.39 is 11.9 Å². The van der Waals surface area contributed by atoms with Crippen LogP contribution in [-0.2, 0) is 14.3 Å². The molecule has 1 rings (SSSR count). The number of unbranched alkanes of at least 4 members (excludes halogenated alkanes) is 5. The highest BCUT2D eigenvalue weighted by molar-refractivity contribution is 6.05. The maximum Gasteiger partial charge on any atom is 0.342 e. The standard InChI is InChI=1S/C20H29NO6/c1-4-5-6-7-8-9-13-21-17(22)14-27-16-12-10-11-15(19(23)25-2)18(16)20(24)26-3/h10-12H,4-9,13-14H2,1-3H3,(H,21,22). The van der Waals surface area contributed by atoms with Gasteiger partial charge in [-0.25, -0.2) is 9.59 Å². The Bertz CT molecular complexity index is 629. The lowest BCUT2D eigenvalue weighted by Gasteiger charge is -2.13. The van der Waals surface area contributed by atoms with Crippen LogP contribution in [0.5, 0.6) is 5.75 Å². The van der Waals surface area contributed by atoms with Gasteiger partial charge in [-0.2, -0.15) is 0 Å². The van der Waals surface area contributed by atoms with Crippen LogP contribution < -0.4 is 10.1 Å². The Hall–Kier alpha value is -2.57. The lowest BCUT2D eigenvalue weighted by molar-refractivity contribution is -0.123. The Kier molecular flexibility index (Phi) is 10.6. The molecular weight excluding hydrogens is 350 g/mol. The molecule has 27 heavy (non-hydrogen) atoms. The van der Waals surface area contributed by atoms with Crippen molar-refractivity contribution in [3.05, 3.63) is 29.3 Å². The number of nitrogens with one attached hydrogen (secondary N) is 1. The Balaban J connectivity index is 2.57. The summed E-state index contributed by atoms with van der Waals surface area (Å²) in [6.45, 7) is 2.50. The van der Waals surface area contributed by atoms with E-state index in [1.54, 1.807) is 6.07 Å². The predicted octanol–water partition coefficient (Wildman–Crippen LogP) is 3.12. The summed E-state index contributed by atoms with van der Waals surface area (Å²) in [7, 11) is 2.42. The van der Waals surface area contributed by atoms with Gasteiger partial charge < -0.3 is 19.5 Å². The minimum Gasteiger partial charge on any atom is -0.483 e. The van der Waals surface area contributed by atoms with Crippen LogP contribution >= 0.6 is 0 Å². The first-order valence-corrected chi connectivity index (χ1v) is 9.24. The first-order chi connectivity index (χ1) is 13.0. The third-order valence-electron chi connectivity index (χ3n) is 4.03.